The molecule has 0 aromatic heterocycles. The number of anilines is 2. The predicted molar refractivity (Wildman–Crippen MR) is 171 cm³/mol. The van der Waals surface area contributed by atoms with Gasteiger partial charge in [-0.05, 0) is 128 Å². The monoisotopic (exact) mass is 548 g/mol. The zero-order valence-corrected chi connectivity index (χ0v) is 25.2. The summed E-state index contributed by atoms with van der Waals surface area (Å²) in [5.41, 5.74) is 20.6. The lowest BCUT2D eigenvalue weighted by Gasteiger charge is -2.43. The summed E-state index contributed by atoms with van der Waals surface area (Å²) >= 11 is 0. The number of rotatable bonds is 8. The van der Waals surface area contributed by atoms with Crippen LogP contribution in [0.2, 0.25) is 0 Å². The van der Waals surface area contributed by atoms with Gasteiger partial charge in [-0.1, -0.05) is 56.9 Å². The molecular formula is C37H44N2O2. The van der Waals surface area contributed by atoms with Crippen LogP contribution in [0.4, 0.5) is 11.4 Å². The molecule has 4 nitrogen and oxygen atoms in total. The molecule has 214 valence electrons. The Balaban J connectivity index is 1.56. The van der Waals surface area contributed by atoms with E-state index in [-0.39, 0.29) is 5.41 Å². The van der Waals surface area contributed by atoms with Crippen LogP contribution >= 0.6 is 0 Å². The normalized spacial score (nSPS) is 16.4. The van der Waals surface area contributed by atoms with Crippen LogP contribution in [0.5, 0.6) is 23.0 Å². The highest BCUT2D eigenvalue weighted by atomic mass is 16.5. The first kappa shape index (κ1) is 28.6. The summed E-state index contributed by atoms with van der Waals surface area (Å²) in [6, 6.07) is 24.7. The lowest BCUT2D eigenvalue weighted by Crippen LogP contribution is -2.35. The van der Waals surface area contributed by atoms with E-state index in [0.29, 0.717) is 5.92 Å². The first-order valence-electron chi connectivity index (χ1n) is 15.0. The van der Waals surface area contributed by atoms with Crippen molar-refractivity contribution >= 4 is 11.4 Å². The number of hydrogen-bond acceptors (Lipinski definition) is 4. The molecule has 1 aliphatic carbocycles. The lowest BCUT2D eigenvalue weighted by molar-refractivity contribution is 0.244. The number of ether oxygens (including phenoxy) is 2. The van der Waals surface area contributed by atoms with Crippen molar-refractivity contribution in [3.8, 4) is 23.0 Å². The van der Waals surface area contributed by atoms with E-state index >= 15 is 0 Å². The van der Waals surface area contributed by atoms with Crippen molar-refractivity contribution in [3.05, 3.63) is 106 Å². The summed E-state index contributed by atoms with van der Waals surface area (Å²) in [6.45, 7) is 11.0. The minimum absolute atomic E-state index is 0.0530. The van der Waals surface area contributed by atoms with Crippen molar-refractivity contribution in [2.75, 3.05) is 11.5 Å². The predicted octanol–water partition coefficient (Wildman–Crippen LogP) is 9.95. The fourth-order valence-electron chi connectivity index (χ4n) is 6.82. The van der Waals surface area contributed by atoms with Gasteiger partial charge in [0.1, 0.15) is 23.0 Å². The zero-order chi connectivity index (χ0) is 29.1. The second-order valence-electron chi connectivity index (χ2n) is 12.1. The summed E-state index contributed by atoms with van der Waals surface area (Å²) in [6.07, 6.45) is 7.33. The molecule has 4 N–H and O–H groups in total. The van der Waals surface area contributed by atoms with Crippen molar-refractivity contribution in [2.45, 2.75) is 78.6 Å². The summed E-state index contributed by atoms with van der Waals surface area (Å²) in [4.78, 5) is 0. The summed E-state index contributed by atoms with van der Waals surface area (Å²) in [7, 11) is 0. The molecule has 0 saturated heterocycles. The fraction of sp³-hybridized carbons (Fsp3) is 0.351. The Labute approximate surface area is 245 Å². The topological polar surface area (TPSA) is 70.5 Å². The van der Waals surface area contributed by atoms with Crippen molar-refractivity contribution in [3.63, 3.8) is 0 Å². The Bertz CT molecular complexity index is 1350. The third-order valence-electron chi connectivity index (χ3n) is 8.78. The number of hydrogen-bond donors (Lipinski definition) is 2. The maximum absolute atomic E-state index is 6.37. The molecule has 0 aliphatic heterocycles. The van der Waals surface area contributed by atoms with Crippen LogP contribution in [0.1, 0.15) is 78.8 Å². The van der Waals surface area contributed by atoms with E-state index in [9.17, 15) is 0 Å². The fourth-order valence-corrected chi connectivity index (χ4v) is 6.82. The highest BCUT2D eigenvalue weighted by molar-refractivity contribution is 5.55. The van der Waals surface area contributed by atoms with Crippen LogP contribution in [0.25, 0.3) is 0 Å². The Morgan fingerprint density at radius 3 is 1.49 bits per heavy atom. The van der Waals surface area contributed by atoms with Gasteiger partial charge in [0.25, 0.3) is 0 Å². The van der Waals surface area contributed by atoms with Gasteiger partial charge in [0.15, 0.2) is 0 Å². The van der Waals surface area contributed by atoms with E-state index in [1.54, 1.807) is 0 Å². The lowest BCUT2D eigenvalue weighted by atomic mass is 9.61. The van der Waals surface area contributed by atoms with Crippen LogP contribution < -0.4 is 20.9 Å². The molecule has 1 aliphatic rings. The minimum atomic E-state index is -0.0530. The molecular weight excluding hydrogens is 504 g/mol. The van der Waals surface area contributed by atoms with Crippen molar-refractivity contribution < 1.29 is 9.47 Å². The van der Waals surface area contributed by atoms with E-state index in [2.05, 4.69) is 58.9 Å². The van der Waals surface area contributed by atoms with Gasteiger partial charge < -0.3 is 20.9 Å². The van der Waals surface area contributed by atoms with Crippen LogP contribution in [-0.4, -0.2) is 0 Å². The zero-order valence-electron chi connectivity index (χ0n) is 25.2. The smallest absolute Gasteiger partial charge is 0.133 e. The number of aryl methyl sites for hydroxylation is 4. The molecule has 1 unspecified atom stereocenters. The molecule has 0 amide bonds. The molecule has 0 heterocycles. The average molecular weight is 549 g/mol. The van der Waals surface area contributed by atoms with E-state index in [4.69, 9.17) is 20.9 Å². The van der Waals surface area contributed by atoms with E-state index in [1.165, 1.54) is 36.8 Å². The van der Waals surface area contributed by atoms with Gasteiger partial charge in [-0.2, -0.15) is 0 Å². The van der Waals surface area contributed by atoms with Crippen LogP contribution in [0, 0.1) is 33.6 Å². The second-order valence-corrected chi connectivity index (χ2v) is 12.1. The van der Waals surface area contributed by atoms with Gasteiger partial charge in [-0.3, -0.25) is 0 Å². The average Bonchev–Trinajstić information content (AvgIpc) is 2.95. The number of nitrogen functional groups attached to an aromatic ring is 2. The third kappa shape index (κ3) is 6.07. The van der Waals surface area contributed by atoms with Gasteiger partial charge >= 0.3 is 0 Å². The summed E-state index contributed by atoms with van der Waals surface area (Å²) < 4.78 is 12.7. The third-order valence-corrected chi connectivity index (χ3v) is 8.78. The van der Waals surface area contributed by atoms with Crippen molar-refractivity contribution in [1.82, 2.24) is 0 Å². The van der Waals surface area contributed by atoms with E-state index in [0.717, 1.165) is 69.5 Å². The number of benzene rings is 4. The largest absolute Gasteiger partial charge is 0.457 e. The Morgan fingerprint density at radius 2 is 1.10 bits per heavy atom. The van der Waals surface area contributed by atoms with Gasteiger partial charge in [0.2, 0.25) is 0 Å². The molecule has 1 fully saturated rings. The van der Waals surface area contributed by atoms with Crippen LogP contribution in [-0.2, 0) is 5.41 Å². The first-order chi connectivity index (χ1) is 19.7. The first-order valence-corrected chi connectivity index (χ1v) is 15.0. The SMILES string of the molecule is CCCC1CCCC(c2cc(C)c(Oc3ccc(N)cc3)c(C)c2)(c2cc(C)c(Oc3ccc(N)cc3)c(C)c2)C1. The maximum Gasteiger partial charge on any atom is 0.133 e. The molecule has 4 aromatic rings. The maximum atomic E-state index is 6.37. The standard InChI is InChI=1S/C37H44N2O2/c1-6-8-28-9-7-18-37(23-28,29-19-24(2)35(25(3)20-29)40-33-14-10-31(38)11-15-33)30-21-26(4)36(27(5)22-30)41-34-16-12-32(39)13-17-34/h10-17,19-22,28H,6-9,18,23,38-39H2,1-5H3. The Morgan fingerprint density at radius 1 is 0.683 bits per heavy atom. The van der Waals surface area contributed by atoms with E-state index in [1.807, 2.05) is 48.5 Å². The molecule has 41 heavy (non-hydrogen) atoms. The molecule has 4 heteroatoms. The van der Waals surface area contributed by atoms with Crippen LogP contribution in [0.3, 0.4) is 0 Å². The summed E-state index contributed by atoms with van der Waals surface area (Å²) in [5.74, 6) is 4.17. The highest BCUT2D eigenvalue weighted by Gasteiger charge is 2.40. The Kier molecular flexibility index (Phi) is 8.30. The second kappa shape index (κ2) is 11.9. The number of nitrogens with two attached hydrogens (primary N) is 2. The molecule has 1 saturated carbocycles. The van der Waals surface area contributed by atoms with Crippen molar-refractivity contribution in [2.24, 2.45) is 5.92 Å². The minimum Gasteiger partial charge on any atom is -0.457 e. The van der Waals surface area contributed by atoms with Gasteiger partial charge in [-0.25, -0.2) is 0 Å². The molecule has 0 bridgehead atoms. The van der Waals surface area contributed by atoms with Gasteiger partial charge in [0, 0.05) is 16.8 Å². The highest BCUT2D eigenvalue weighted by Crippen LogP contribution is 2.50. The van der Waals surface area contributed by atoms with Gasteiger partial charge in [0.05, 0.1) is 0 Å². The van der Waals surface area contributed by atoms with Crippen molar-refractivity contribution in [1.29, 1.82) is 0 Å². The molecule has 1 atom stereocenters. The van der Waals surface area contributed by atoms with Crippen LogP contribution in [0.15, 0.2) is 72.8 Å². The molecule has 0 radical (unpaired) electrons. The Hall–Kier alpha value is -3.92. The quantitative estimate of drug-likeness (QED) is 0.215. The molecule has 4 aromatic carbocycles. The molecule has 0 spiro atoms. The van der Waals surface area contributed by atoms with E-state index < -0.39 is 0 Å². The summed E-state index contributed by atoms with van der Waals surface area (Å²) in [5, 5.41) is 0. The van der Waals surface area contributed by atoms with Gasteiger partial charge in [-0.15, -0.1) is 0 Å². The molecule has 5 rings (SSSR count).